The van der Waals surface area contributed by atoms with E-state index in [0.29, 0.717) is 19.3 Å². The molecular weight excluding hydrogens is 767 g/mol. The minimum absolute atomic E-state index is 0.0672. The Labute approximate surface area is 385 Å². The van der Waals surface area contributed by atoms with E-state index in [1.165, 1.54) is 148 Å². The topological polar surface area (TPSA) is 95.9 Å². The molecule has 0 fully saturated rings. The van der Waals surface area contributed by atoms with E-state index < -0.39 is 18.2 Å². The Balaban J connectivity index is 4.59. The number of allylic oxidation sites excluding steroid dienone is 8. The van der Waals surface area contributed by atoms with Gasteiger partial charge in [-0.1, -0.05) is 236 Å². The van der Waals surface area contributed by atoms with Crippen molar-refractivity contribution in [2.24, 2.45) is 0 Å². The molecule has 62 heavy (non-hydrogen) atoms. The molecule has 0 saturated carbocycles. The number of ether oxygens (including phenoxy) is 1. The summed E-state index contributed by atoms with van der Waals surface area (Å²) in [4.78, 5) is 26.2. The number of hydrogen-bond acceptors (Lipinski definition) is 5. The fourth-order valence-corrected chi connectivity index (χ4v) is 8.06. The molecule has 0 aliphatic carbocycles. The van der Waals surface area contributed by atoms with Gasteiger partial charge in [0, 0.05) is 6.42 Å². The molecule has 0 rings (SSSR count). The van der Waals surface area contributed by atoms with Gasteiger partial charge in [0.25, 0.3) is 0 Å². The van der Waals surface area contributed by atoms with E-state index in [4.69, 9.17) is 4.74 Å². The monoisotopic (exact) mass is 870 g/mol. The fourth-order valence-electron chi connectivity index (χ4n) is 8.06. The van der Waals surface area contributed by atoms with Gasteiger partial charge in [-0.05, 0) is 70.6 Å². The molecule has 0 aliphatic heterocycles. The highest BCUT2D eigenvalue weighted by Gasteiger charge is 2.24. The molecular formula is C56H103NO5. The molecule has 0 spiro atoms. The van der Waals surface area contributed by atoms with Gasteiger partial charge in [-0.3, -0.25) is 9.59 Å². The second kappa shape index (κ2) is 49.8. The molecule has 0 aromatic heterocycles. The zero-order valence-electron chi connectivity index (χ0n) is 41.3. The fraction of sp³-hybridized carbons (Fsp3) is 0.821. The Bertz CT molecular complexity index is 1070. The van der Waals surface area contributed by atoms with Crippen molar-refractivity contribution in [1.29, 1.82) is 0 Å². The smallest absolute Gasteiger partial charge is 0.306 e. The van der Waals surface area contributed by atoms with Gasteiger partial charge in [0.15, 0.2) is 0 Å². The van der Waals surface area contributed by atoms with Crippen LogP contribution in [0.5, 0.6) is 0 Å². The first-order valence-electron chi connectivity index (χ1n) is 26.9. The molecule has 3 unspecified atom stereocenters. The van der Waals surface area contributed by atoms with Crippen LogP contribution in [-0.2, 0) is 14.3 Å². The molecule has 362 valence electrons. The van der Waals surface area contributed by atoms with Crippen LogP contribution in [0.4, 0.5) is 0 Å². The van der Waals surface area contributed by atoms with E-state index >= 15 is 0 Å². The number of aliphatic hydroxyl groups is 2. The van der Waals surface area contributed by atoms with E-state index in [0.717, 1.165) is 77.0 Å². The summed E-state index contributed by atoms with van der Waals surface area (Å²) in [7, 11) is 0. The largest absolute Gasteiger partial charge is 0.462 e. The highest BCUT2D eigenvalue weighted by molar-refractivity contribution is 5.77. The highest BCUT2D eigenvalue weighted by atomic mass is 16.5. The van der Waals surface area contributed by atoms with Crippen LogP contribution in [0, 0.1) is 0 Å². The molecule has 0 aliphatic rings. The quantitative estimate of drug-likeness (QED) is 0.0322. The van der Waals surface area contributed by atoms with Crippen molar-refractivity contribution in [1.82, 2.24) is 5.32 Å². The Morgan fingerprint density at radius 2 is 0.823 bits per heavy atom. The Kier molecular flexibility index (Phi) is 48.1. The van der Waals surface area contributed by atoms with Crippen molar-refractivity contribution in [3.05, 3.63) is 48.6 Å². The highest BCUT2D eigenvalue weighted by Crippen LogP contribution is 2.18. The first kappa shape index (κ1) is 59.8. The predicted molar refractivity (Wildman–Crippen MR) is 269 cm³/mol. The van der Waals surface area contributed by atoms with E-state index in [1.54, 1.807) is 0 Å². The number of aliphatic hydroxyl groups excluding tert-OH is 2. The van der Waals surface area contributed by atoms with Gasteiger partial charge in [-0.2, -0.15) is 0 Å². The molecule has 6 heteroatoms. The zero-order valence-corrected chi connectivity index (χ0v) is 41.3. The second-order valence-electron chi connectivity index (χ2n) is 18.3. The van der Waals surface area contributed by atoms with Gasteiger partial charge in [0.05, 0.1) is 25.2 Å². The minimum Gasteiger partial charge on any atom is -0.462 e. The SMILES string of the molecule is CCCCC/C=C\C/C=C\C/C=C\C/C=C\CCCCCC(=O)OC(CCCCCCCCCCCCCCC)CC(=O)NC(CO)C(O)CCCCCCCCCCCCC. The van der Waals surface area contributed by atoms with Gasteiger partial charge in [-0.25, -0.2) is 0 Å². The van der Waals surface area contributed by atoms with Crippen molar-refractivity contribution >= 4 is 11.9 Å². The lowest BCUT2D eigenvalue weighted by atomic mass is 10.0. The van der Waals surface area contributed by atoms with Crippen LogP contribution in [-0.4, -0.2) is 46.9 Å². The number of carbonyl (C=O) groups is 2. The summed E-state index contributed by atoms with van der Waals surface area (Å²) in [5.41, 5.74) is 0. The molecule has 3 atom stereocenters. The lowest BCUT2D eigenvalue weighted by molar-refractivity contribution is -0.151. The van der Waals surface area contributed by atoms with Gasteiger partial charge in [0.2, 0.25) is 5.91 Å². The third-order valence-corrected chi connectivity index (χ3v) is 12.2. The van der Waals surface area contributed by atoms with Crippen molar-refractivity contribution < 1.29 is 24.5 Å². The molecule has 0 aromatic rings. The van der Waals surface area contributed by atoms with Crippen LogP contribution in [0.25, 0.3) is 0 Å². The molecule has 6 nitrogen and oxygen atoms in total. The van der Waals surface area contributed by atoms with E-state index in [-0.39, 0.29) is 24.9 Å². The molecule has 1 amide bonds. The third kappa shape index (κ3) is 44.4. The van der Waals surface area contributed by atoms with Crippen molar-refractivity contribution in [3.8, 4) is 0 Å². The number of amides is 1. The van der Waals surface area contributed by atoms with Crippen LogP contribution in [0.3, 0.4) is 0 Å². The minimum atomic E-state index is -0.791. The standard InChI is InChI=1S/C56H103NO5/c1-4-7-10-13-16-19-22-24-25-26-27-28-29-31-34-37-40-43-46-49-56(61)62-52(47-44-41-38-35-33-30-23-20-17-14-11-8-5-2)50-55(60)57-53(51-58)54(59)48-45-42-39-36-32-21-18-15-12-9-6-3/h16,19,24-25,27-28,31,34,52-54,58-59H,4-15,17-18,20-23,26,29-30,32-33,35-51H2,1-3H3,(H,57,60)/b19-16-,25-24-,28-27-,34-31-. The Morgan fingerprint density at radius 3 is 1.26 bits per heavy atom. The normalized spacial score (nSPS) is 13.6. The molecule has 0 heterocycles. The van der Waals surface area contributed by atoms with Crippen LogP contribution in [0.15, 0.2) is 48.6 Å². The van der Waals surface area contributed by atoms with Crippen molar-refractivity contribution in [2.45, 2.75) is 289 Å². The summed E-state index contributed by atoms with van der Waals surface area (Å²) in [5.74, 6) is -0.501. The van der Waals surface area contributed by atoms with Crippen LogP contribution in [0.1, 0.15) is 271 Å². The molecule has 0 bridgehead atoms. The predicted octanol–water partition coefficient (Wildman–Crippen LogP) is 16.2. The first-order chi connectivity index (χ1) is 30.5. The lowest BCUT2D eigenvalue weighted by Crippen LogP contribution is -2.46. The second-order valence-corrected chi connectivity index (χ2v) is 18.3. The summed E-state index contributed by atoms with van der Waals surface area (Å²) in [6.45, 7) is 6.45. The van der Waals surface area contributed by atoms with Crippen molar-refractivity contribution in [2.75, 3.05) is 6.61 Å². The molecule has 0 saturated heterocycles. The van der Waals surface area contributed by atoms with Crippen LogP contribution in [0.2, 0.25) is 0 Å². The van der Waals surface area contributed by atoms with Gasteiger partial charge < -0.3 is 20.3 Å². The Hall–Kier alpha value is -2.18. The van der Waals surface area contributed by atoms with Crippen LogP contribution >= 0.6 is 0 Å². The molecule has 0 aromatic carbocycles. The average Bonchev–Trinajstić information content (AvgIpc) is 3.26. The van der Waals surface area contributed by atoms with E-state index in [1.807, 2.05) is 0 Å². The first-order valence-corrected chi connectivity index (χ1v) is 26.9. The molecule has 0 radical (unpaired) electrons. The zero-order chi connectivity index (χ0) is 45.2. The van der Waals surface area contributed by atoms with Crippen LogP contribution < -0.4 is 5.32 Å². The number of unbranched alkanes of at least 4 members (excludes halogenated alkanes) is 28. The summed E-state index contributed by atoms with van der Waals surface area (Å²) < 4.78 is 5.93. The summed E-state index contributed by atoms with van der Waals surface area (Å²) in [5, 5.41) is 23.8. The number of esters is 1. The lowest BCUT2D eigenvalue weighted by Gasteiger charge is -2.24. The van der Waals surface area contributed by atoms with Gasteiger partial charge in [-0.15, -0.1) is 0 Å². The maximum absolute atomic E-state index is 13.2. The van der Waals surface area contributed by atoms with E-state index in [9.17, 15) is 19.8 Å². The van der Waals surface area contributed by atoms with Gasteiger partial charge in [0.1, 0.15) is 6.10 Å². The molecule has 3 N–H and O–H groups in total. The maximum atomic E-state index is 13.2. The number of rotatable bonds is 48. The summed E-state index contributed by atoms with van der Waals surface area (Å²) >= 11 is 0. The van der Waals surface area contributed by atoms with Crippen molar-refractivity contribution in [3.63, 3.8) is 0 Å². The van der Waals surface area contributed by atoms with E-state index in [2.05, 4.69) is 74.7 Å². The summed E-state index contributed by atoms with van der Waals surface area (Å²) in [6, 6.07) is -0.706. The van der Waals surface area contributed by atoms with Gasteiger partial charge >= 0.3 is 5.97 Å². The number of nitrogens with one attached hydrogen (secondary N) is 1. The average molecular weight is 870 g/mol. The maximum Gasteiger partial charge on any atom is 0.306 e. The third-order valence-electron chi connectivity index (χ3n) is 12.2. The number of hydrogen-bond donors (Lipinski definition) is 3. The Morgan fingerprint density at radius 1 is 0.468 bits per heavy atom. The number of carbonyl (C=O) groups excluding carboxylic acids is 2. The summed E-state index contributed by atoms with van der Waals surface area (Å²) in [6.07, 6.45) is 60.2.